The normalized spacial score (nSPS) is 17.5. The first-order valence-electron chi connectivity index (χ1n) is 6.96. The Morgan fingerprint density at radius 1 is 1.16 bits per heavy atom. The molecule has 1 fully saturated rings. The van der Waals surface area contributed by atoms with Gasteiger partial charge in [-0.1, -0.05) is 32.1 Å². The fraction of sp³-hybridized carbons (Fsp3) is 0.533. The minimum absolute atomic E-state index is 0.120. The Labute approximate surface area is 112 Å². The van der Waals surface area contributed by atoms with Crippen molar-refractivity contribution in [2.45, 2.75) is 51.0 Å². The van der Waals surface area contributed by atoms with E-state index in [1.807, 2.05) is 0 Å². The van der Waals surface area contributed by atoms with E-state index in [9.17, 15) is 9.18 Å². The predicted molar refractivity (Wildman–Crippen MR) is 73.1 cm³/mol. The molecule has 19 heavy (non-hydrogen) atoms. The number of carboxylic acid groups (broad SMARTS) is 1. The fourth-order valence-electron chi connectivity index (χ4n) is 2.59. The van der Waals surface area contributed by atoms with Crippen LogP contribution in [0.3, 0.4) is 0 Å². The molecule has 0 aliphatic heterocycles. The lowest BCUT2D eigenvalue weighted by molar-refractivity contribution is 0.0697. The van der Waals surface area contributed by atoms with E-state index in [-0.39, 0.29) is 17.4 Å². The number of rotatable bonds is 3. The topological polar surface area (TPSA) is 49.3 Å². The number of nitrogens with one attached hydrogen (secondary N) is 1. The van der Waals surface area contributed by atoms with Crippen molar-refractivity contribution in [3.63, 3.8) is 0 Å². The molecule has 0 heterocycles. The van der Waals surface area contributed by atoms with Crippen LogP contribution in [-0.4, -0.2) is 17.1 Å². The van der Waals surface area contributed by atoms with Crippen LogP contribution in [0.4, 0.5) is 10.1 Å². The van der Waals surface area contributed by atoms with Crippen LogP contribution in [0, 0.1) is 5.82 Å². The maximum absolute atomic E-state index is 13.7. The van der Waals surface area contributed by atoms with E-state index < -0.39 is 5.97 Å². The predicted octanol–water partition coefficient (Wildman–Crippen LogP) is 4.05. The molecule has 2 N–H and O–H groups in total. The second-order valence-corrected chi connectivity index (χ2v) is 5.19. The van der Waals surface area contributed by atoms with Crippen LogP contribution in [0.2, 0.25) is 0 Å². The zero-order valence-corrected chi connectivity index (χ0v) is 11.0. The number of carbonyl (C=O) groups is 1. The summed E-state index contributed by atoms with van der Waals surface area (Å²) in [6.45, 7) is 0. The summed E-state index contributed by atoms with van der Waals surface area (Å²) in [6, 6.07) is 4.14. The summed E-state index contributed by atoms with van der Waals surface area (Å²) in [7, 11) is 0. The highest BCUT2D eigenvalue weighted by Gasteiger charge is 2.14. The van der Waals surface area contributed by atoms with E-state index in [1.54, 1.807) is 0 Å². The van der Waals surface area contributed by atoms with Gasteiger partial charge in [-0.15, -0.1) is 0 Å². The Morgan fingerprint density at radius 3 is 2.42 bits per heavy atom. The lowest BCUT2D eigenvalue weighted by atomic mass is 9.96. The highest BCUT2D eigenvalue weighted by molar-refractivity contribution is 5.88. The minimum Gasteiger partial charge on any atom is -0.478 e. The molecule has 1 aliphatic carbocycles. The molecular formula is C15H20FNO2. The van der Waals surface area contributed by atoms with Crippen LogP contribution in [0.25, 0.3) is 0 Å². The second kappa shape index (κ2) is 6.55. The summed E-state index contributed by atoms with van der Waals surface area (Å²) < 4.78 is 13.7. The molecule has 1 saturated carbocycles. The quantitative estimate of drug-likeness (QED) is 0.866. The Bertz CT molecular complexity index is 440. The molecule has 0 atom stereocenters. The van der Waals surface area contributed by atoms with Gasteiger partial charge in [-0.3, -0.25) is 0 Å². The molecule has 0 saturated heterocycles. The van der Waals surface area contributed by atoms with Crippen LogP contribution in [0.5, 0.6) is 0 Å². The van der Waals surface area contributed by atoms with E-state index >= 15 is 0 Å². The smallest absolute Gasteiger partial charge is 0.335 e. The highest BCUT2D eigenvalue weighted by atomic mass is 19.1. The van der Waals surface area contributed by atoms with Crippen molar-refractivity contribution in [3.8, 4) is 0 Å². The van der Waals surface area contributed by atoms with Crippen molar-refractivity contribution in [2.24, 2.45) is 0 Å². The first-order chi connectivity index (χ1) is 9.16. The Hall–Kier alpha value is -1.58. The zero-order valence-electron chi connectivity index (χ0n) is 11.0. The van der Waals surface area contributed by atoms with Crippen LogP contribution in [0.15, 0.2) is 18.2 Å². The van der Waals surface area contributed by atoms with E-state index in [1.165, 1.54) is 37.5 Å². The number of hydrogen-bond acceptors (Lipinski definition) is 2. The molecule has 1 aromatic rings. The van der Waals surface area contributed by atoms with Gasteiger partial charge in [0, 0.05) is 6.04 Å². The maximum atomic E-state index is 13.7. The first-order valence-corrected chi connectivity index (χ1v) is 6.96. The van der Waals surface area contributed by atoms with Gasteiger partial charge in [0.05, 0.1) is 11.3 Å². The molecule has 0 radical (unpaired) electrons. The molecule has 3 nitrogen and oxygen atoms in total. The van der Waals surface area contributed by atoms with Gasteiger partial charge in [-0.05, 0) is 31.0 Å². The van der Waals surface area contributed by atoms with Crippen molar-refractivity contribution in [3.05, 3.63) is 29.6 Å². The summed E-state index contributed by atoms with van der Waals surface area (Å²) in [5, 5.41) is 12.1. The molecule has 104 valence electrons. The highest BCUT2D eigenvalue weighted by Crippen LogP contribution is 2.23. The fourth-order valence-corrected chi connectivity index (χ4v) is 2.59. The Morgan fingerprint density at radius 2 is 1.79 bits per heavy atom. The Balaban J connectivity index is 2.07. The number of benzene rings is 1. The van der Waals surface area contributed by atoms with Gasteiger partial charge in [0.15, 0.2) is 0 Å². The van der Waals surface area contributed by atoms with Gasteiger partial charge < -0.3 is 10.4 Å². The third-order valence-electron chi connectivity index (χ3n) is 3.68. The summed E-state index contributed by atoms with van der Waals surface area (Å²) in [6.07, 6.45) is 8.10. The molecule has 0 spiro atoms. The molecule has 0 aromatic heterocycles. The SMILES string of the molecule is O=C(O)c1ccc(F)c(NC2CCCCCCC2)c1. The third kappa shape index (κ3) is 3.94. The number of carboxylic acids is 1. The summed E-state index contributed by atoms with van der Waals surface area (Å²) in [5.74, 6) is -1.41. The molecular weight excluding hydrogens is 245 g/mol. The maximum Gasteiger partial charge on any atom is 0.335 e. The minimum atomic E-state index is -1.03. The molecule has 0 bridgehead atoms. The van der Waals surface area contributed by atoms with Crippen LogP contribution >= 0.6 is 0 Å². The third-order valence-corrected chi connectivity index (χ3v) is 3.68. The number of anilines is 1. The average Bonchev–Trinajstić information content (AvgIpc) is 2.34. The monoisotopic (exact) mass is 265 g/mol. The summed E-state index contributed by atoms with van der Waals surface area (Å²) in [5.41, 5.74) is 0.431. The van der Waals surface area contributed by atoms with E-state index in [2.05, 4.69) is 5.32 Å². The average molecular weight is 265 g/mol. The zero-order chi connectivity index (χ0) is 13.7. The van der Waals surface area contributed by atoms with E-state index in [4.69, 9.17) is 5.11 Å². The number of halogens is 1. The summed E-state index contributed by atoms with van der Waals surface area (Å²) in [4.78, 5) is 10.9. The van der Waals surface area contributed by atoms with Gasteiger partial charge in [-0.25, -0.2) is 9.18 Å². The van der Waals surface area contributed by atoms with Crippen molar-refractivity contribution >= 4 is 11.7 Å². The van der Waals surface area contributed by atoms with Crippen molar-refractivity contribution in [1.29, 1.82) is 0 Å². The van der Waals surface area contributed by atoms with Crippen LogP contribution in [-0.2, 0) is 0 Å². The second-order valence-electron chi connectivity index (χ2n) is 5.19. The largest absolute Gasteiger partial charge is 0.478 e. The van der Waals surface area contributed by atoms with Gasteiger partial charge in [-0.2, -0.15) is 0 Å². The lowest BCUT2D eigenvalue weighted by Crippen LogP contribution is -2.21. The van der Waals surface area contributed by atoms with Crippen molar-refractivity contribution < 1.29 is 14.3 Å². The molecule has 1 aromatic carbocycles. The van der Waals surface area contributed by atoms with Gasteiger partial charge in [0.1, 0.15) is 5.82 Å². The van der Waals surface area contributed by atoms with Crippen LogP contribution < -0.4 is 5.32 Å². The van der Waals surface area contributed by atoms with Crippen LogP contribution in [0.1, 0.15) is 55.3 Å². The van der Waals surface area contributed by atoms with E-state index in [0.717, 1.165) is 25.7 Å². The first kappa shape index (κ1) is 13.8. The van der Waals surface area contributed by atoms with Gasteiger partial charge in [0.25, 0.3) is 0 Å². The number of hydrogen-bond donors (Lipinski definition) is 2. The van der Waals surface area contributed by atoms with Gasteiger partial charge in [0.2, 0.25) is 0 Å². The van der Waals surface area contributed by atoms with Crippen molar-refractivity contribution in [1.82, 2.24) is 0 Å². The van der Waals surface area contributed by atoms with Gasteiger partial charge >= 0.3 is 5.97 Å². The standard InChI is InChI=1S/C15H20FNO2/c16-13-9-8-11(15(18)19)10-14(13)17-12-6-4-2-1-3-5-7-12/h8-10,12,17H,1-7H2,(H,18,19). The molecule has 0 amide bonds. The van der Waals surface area contributed by atoms with E-state index in [0.29, 0.717) is 5.69 Å². The Kier molecular flexibility index (Phi) is 4.77. The lowest BCUT2D eigenvalue weighted by Gasteiger charge is -2.22. The molecule has 0 unspecified atom stereocenters. The molecule has 1 aliphatic rings. The summed E-state index contributed by atoms with van der Waals surface area (Å²) >= 11 is 0. The van der Waals surface area contributed by atoms with Crippen molar-refractivity contribution in [2.75, 3.05) is 5.32 Å². The molecule has 4 heteroatoms. The molecule has 2 rings (SSSR count). The number of aromatic carboxylic acids is 1.